The molecule has 1 saturated heterocycles. The normalized spacial score (nSPS) is 25.3. The fraction of sp³-hybridized carbons (Fsp3) is 0.222. The summed E-state index contributed by atoms with van der Waals surface area (Å²) in [6.45, 7) is 2.32. The molecule has 0 spiro atoms. The van der Waals surface area contributed by atoms with Gasteiger partial charge in [-0.05, 0) is 36.2 Å². The summed E-state index contributed by atoms with van der Waals surface area (Å²) in [5.74, 6) is -0.965. The molecule has 2 aliphatic rings. The first-order valence-corrected chi connectivity index (χ1v) is 7.41. The number of aliphatic carboxylic acids is 1. The molecule has 2 aromatic rings. The number of benzene rings is 2. The Morgan fingerprint density at radius 3 is 2.52 bits per heavy atom. The summed E-state index contributed by atoms with van der Waals surface area (Å²) >= 11 is 0. The second-order valence-electron chi connectivity index (χ2n) is 6.04. The molecule has 2 aromatic carbocycles. The molecule has 23 heavy (non-hydrogen) atoms. The van der Waals surface area contributed by atoms with E-state index in [-0.39, 0.29) is 5.91 Å². The van der Waals surface area contributed by atoms with Crippen molar-refractivity contribution in [3.8, 4) is 0 Å². The highest BCUT2D eigenvalue weighted by atomic mass is 16.6. The van der Waals surface area contributed by atoms with E-state index in [1.54, 1.807) is 11.8 Å². The molecule has 1 amide bonds. The first-order valence-electron chi connectivity index (χ1n) is 7.41. The molecule has 2 aliphatic heterocycles. The number of ether oxygens (including phenoxy) is 1. The number of carbonyl (C=O) groups excluding carboxylic acids is 1. The predicted octanol–water partition coefficient (Wildman–Crippen LogP) is 2.55. The SMILES string of the molecule is CC1(c2ccc(N3Cc4ccccc4C3=O)cc2)OC1C(=O)O. The summed E-state index contributed by atoms with van der Waals surface area (Å²) in [7, 11) is 0. The van der Waals surface area contributed by atoms with Gasteiger partial charge < -0.3 is 14.7 Å². The molecule has 2 atom stereocenters. The van der Waals surface area contributed by atoms with Crippen molar-refractivity contribution in [2.45, 2.75) is 25.2 Å². The molecule has 2 unspecified atom stereocenters. The number of fused-ring (bicyclic) bond motifs is 1. The van der Waals surface area contributed by atoms with Crippen LogP contribution in [0.3, 0.4) is 0 Å². The first kappa shape index (κ1) is 14.0. The lowest BCUT2D eigenvalue weighted by atomic mass is 9.97. The molecule has 0 bridgehead atoms. The Labute approximate surface area is 133 Å². The highest BCUT2D eigenvalue weighted by Gasteiger charge is 2.58. The van der Waals surface area contributed by atoms with E-state index in [1.807, 2.05) is 48.5 Å². The van der Waals surface area contributed by atoms with Crippen molar-refractivity contribution in [3.05, 3.63) is 65.2 Å². The van der Waals surface area contributed by atoms with Crippen molar-refractivity contribution in [1.82, 2.24) is 0 Å². The van der Waals surface area contributed by atoms with E-state index in [4.69, 9.17) is 9.84 Å². The number of rotatable bonds is 3. The monoisotopic (exact) mass is 309 g/mol. The molecule has 116 valence electrons. The molecular formula is C18H15NO4. The van der Waals surface area contributed by atoms with E-state index in [0.29, 0.717) is 6.54 Å². The van der Waals surface area contributed by atoms with Gasteiger partial charge in [0.05, 0.1) is 6.54 Å². The van der Waals surface area contributed by atoms with Crippen molar-refractivity contribution in [2.75, 3.05) is 4.90 Å². The number of anilines is 1. The maximum Gasteiger partial charge on any atom is 0.336 e. The van der Waals surface area contributed by atoms with Gasteiger partial charge in [0.25, 0.3) is 5.91 Å². The summed E-state index contributed by atoms with van der Waals surface area (Å²) in [4.78, 5) is 25.2. The highest BCUT2D eigenvalue weighted by molar-refractivity contribution is 6.09. The summed E-state index contributed by atoms with van der Waals surface area (Å²) in [5, 5.41) is 9.03. The van der Waals surface area contributed by atoms with Crippen molar-refractivity contribution in [3.63, 3.8) is 0 Å². The standard InChI is InChI=1S/C18H15NO4/c1-18(15(23-18)17(21)22)12-6-8-13(9-7-12)19-10-11-4-2-3-5-14(11)16(19)20/h2-9,15H,10H2,1H3,(H,21,22). The maximum atomic E-state index is 12.5. The second kappa shape index (κ2) is 4.67. The maximum absolute atomic E-state index is 12.5. The van der Waals surface area contributed by atoms with Gasteiger partial charge in [0.2, 0.25) is 0 Å². The van der Waals surface area contributed by atoms with Crippen LogP contribution in [-0.2, 0) is 21.7 Å². The molecule has 5 nitrogen and oxygen atoms in total. The van der Waals surface area contributed by atoms with Crippen LogP contribution >= 0.6 is 0 Å². The number of carboxylic acids is 1. The lowest BCUT2D eigenvalue weighted by Gasteiger charge is -2.17. The van der Waals surface area contributed by atoms with E-state index in [9.17, 15) is 9.59 Å². The van der Waals surface area contributed by atoms with Crippen molar-refractivity contribution in [1.29, 1.82) is 0 Å². The number of epoxide rings is 1. The van der Waals surface area contributed by atoms with Gasteiger partial charge in [-0.3, -0.25) is 4.79 Å². The van der Waals surface area contributed by atoms with Crippen LogP contribution in [0.5, 0.6) is 0 Å². The van der Waals surface area contributed by atoms with Gasteiger partial charge in [0, 0.05) is 11.3 Å². The Hall–Kier alpha value is -2.66. The average molecular weight is 309 g/mol. The Kier molecular flexibility index (Phi) is 2.83. The zero-order valence-corrected chi connectivity index (χ0v) is 12.5. The molecule has 1 N–H and O–H groups in total. The van der Waals surface area contributed by atoms with Gasteiger partial charge >= 0.3 is 5.97 Å². The van der Waals surface area contributed by atoms with Gasteiger partial charge in [0.1, 0.15) is 5.60 Å². The number of hydrogen-bond donors (Lipinski definition) is 1. The van der Waals surface area contributed by atoms with Crippen molar-refractivity contribution >= 4 is 17.6 Å². The van der Waals surface area contributed by atoms with Crippen molar-refractivity contribution < 1.29 is 19.4 Å². The topological polar surface area (TPSA) is 70.1 Å². The molecule has 1 fully saturated rings. The number of nitrogens with zero attached hydrogens (tertiary/aromatic N) is 1. The number of hydrogen-bond acceptors (Lipinski definition) is 3. The molecule has 5 heteroatoms. The van der Waals surface area contributed by atoms with Crippen LogP contribution in [0.15, 0.2) is 48.5 Å². The molecule has 0 aromatic heterocycles. The van der Waals surface area contributed by atoms with Gasteiger partial charge in [-0.15, -0.1) is 0 Å². The van der Waals surface area contributed by atoms with E-state index in [1.165, 1.54) is 0 Å². The third-order valence-electron chi connectivity index (χ3n) is 4.60. The highest BCUT2D eigenvalue weighted by Crippen LogP contribution is 2.46. The molecule has 0 aliphatic carbocycles. The minimum Gasteiger partial charge on any atom is -0.479 e. The Morgan fingerprint density at radius 1 is 1.22 bits per heavy atom. The van der Waals surface area contributed by atoms with Gasteiger partial charge in [-0.1, -0.05) is 30.3 Å². The smallest absolute Gasteiger partial charge is 0.336 e. The van der Waals surface area contributed by atoms with Crippen LogP contribution in [0.1, 0.15) is 28.4 Å². The number of amides is 1. The zero-order valence-electron chi connectivity index (χ0n) is 12.5. The average Bonchev–Trinajstić information content (AvgIpc) is 3.16. The van der Waals surface area contributed by atoms with Crippen LogP contribution in [0.25, 0.3) is 0 Å². The van der Waals surface area contributed by atoms with Crippen LogP contribution in [0.4, 0.5) is 5.69 Å². The lowest BCUT2D eigenvalue weighted by molar-refractivity contribution is -0.138. The fourth-order valence-electron chi connectivity index (χ4n) is 3.15. The molecule has 0 saturated carbocycles. The first-order chi connectivity index (χ1) is 11.0. The van der Waals surface area contributed by atoms with Crippen LogP contribution in [-0.4, -0.2) is 23.1 Å². The zero-order chi connectivity index (χ0) is 16.2. The predicted molar refractivity (Wildman–Crippen MR) is 83.3 cm³/mol. The van der Waals surface area contributed by atoms with Gasteiger partial charge in [-0.2, -0.15) is 0 Å². The second-order valence-corrected chi connectivity index (χ2v) is 6.04. The molecule has 0 radical (unpaired) electrons. The Bertz CT molecular complexity index is 814. The minimum absolute atomic E-state index is 0.00866. The van der Waals surface area contributed by atoms with Crippen LogP contribution in [0, 0.1) is 0 Å². The van der Waals surface area contributed by atoms with E-state index < -0.39 is 17.7 Å². The largest absolute Gasteiger partial charge is 0.479 e. The molecule has 4 rings (SSSR count). The van der Waals surface area contributed by atoms with Crippen LogP contribution < -0.4 is 4.90 Å². The number of carbonyl (C=O) groups is 2. The third kappa shape index (κ3) is 2.04. The molecular weight excluding hydrogens is 294 g/mol. The van der Waals surface area contributed by atoms with E-state index >= 15 is 0 Å². The minimum atomic E-state index is -0.957. The third-order valence-corrected chi connectivity index (χ3v) is 4.60. The Morgan fingerprint density at radius 2 is 1.91 bits per heavy atom. The van der Waals surface area contributed by atoms with Gasteiger partial charge in [0.15, 0.2) is 6.10 Å². The quantitative estimate of drug-likeness (QED) is 0.885. The summed E-state index contributed by atoms with van der Waals surface area (Å²) < 4.78 is 5.31. The summed E-state index contributed by atoms with van der Waals surface area (Å²) in [6, 6.07) is 14.9. The van der Waals surface area contributed by atoms with Crippen LogP contribution in [0.2, 0.25) is 0 Å². The van der Waals surface area contributed by atoms with E-state index in [2.05, 4.69) is 0 Å². The number of carboxylic acid groups (broad SMARTS) is 1. The fourth-order valence-corrected chi connectivity index (χ4v) is 3.15. The summed E-state index contributed by atoms with van der Waals surface area (Å²) in [5.41, 5.74) is 2.58. The molecule has 2 heterocycles. The van der Waals surface area contributed by atoms with Crippen molar-refractivity contribution in [2.24, 2.45) is 0 Å². The summed E-state index contributed by atoms with van der Waals surface area (Å²) in [6.07, 6.45) is -0.800. The van der Waals surface area contributed by atoms with E-state index in [0.717, 1.165) is 22.4 Å². The lowest BCUT2D eigenvalue weighted by Crippen LogP contribution is -2.23. The van der Waals surface area contributed by atoms with Gasteiger partial charge in [-0.25, -0.2) is 4.79 Å². The Balaban J connectivity index is 1.59.